The predicted molar refractivity (Wildman–Crippen MR) is 126 cm³/mol. The zero-order chi connectivity index (χ0) is 18.2. The Kier molecular flexibility index (Phi) is 9.41. The van der Waals surface area contributed by atoms with Gasteiger partial charge in [-0.1, -0.05) is 31.2 Å². The molecule has 0 atom stereocenters. The maximum Gasteiger partial charge on any atom is 0.191 e. The van der Waals surface area contributed by atoms with Crippen LogP contribution in [0.2, 0.25) is 0 Å². The second-order valence-corrected chi connectivity index (χ2v) is 7.23. The first-order valence-corrected chi connectivity index (χ1v) is 9.97. The van der Waals surface area contributed by atoms with Gasteiger partial charge in [-0.15, -0.1) is 24.0 Å². The molecule has 2 aliphatic rings. The lowest BCUT2D eigenvalue weighted by atomic mass is 10.1. The Balaban J connectivity index is 0.00000261. The molecule has 5 nitrogen and oxygen atoms in total. The summed E-state index contributed by atoms with van der Waals surface area (Å²) < 4.78 is 0. The summed E-state index contributed by atoms with van der Waals surface area (Å²) in [6, 6.07) is 9.31. The number of aliphatic imine (C=N–C) groups is 1. The van der Waals surface area contributed by atoms with Crippen molar-refractivity contribution in [1.29, 1.82) is 0 Å². The summed E-state index contributed by atoms with van der Waals surface area (Å²) >= 11 is 0. The Labute approximate surface area is 181 Å². The van der Waals surface area contributed by atoms with Gasteiger partial charge in [0.2, 0.25) is 0 Å². The van der Waals surface area contributed by atoms with Crippen molar-refractivity contribution in [3.8, 4) is 0 Å². The van der Waals surface area contributed by atoms with Crippen molar-refractivity contribution in [2.24, 2.45) is 4.99 Å². The largest absolute Gasteiger partial charge is 0.364 e. The molecule has 0 spiro atoms. The van der Waals surface area contributed by atoms with Gasteiger partial charge in [0.05, 0.1) is 0 Å². The van der Waals surface area contributed by atoms with Crippen LogP contribution in [0.5, 0.6) is 0 Å². The minimum atomic E-state index is 0. The van der Waals surface area contributed by atoms with Crippen LogP contribution in [-0.2, 0) is 6.54 Å². The number of anilines is 1. The monoisotopic (exact) mass is 483 g/mol. The van der Waals surface area contributed by atoms with E-state index in [-0.39, 0.29) is 24.0 Å². The van der Waals surface area contributed by atoms with Crippen LogP contribution in [0.4, 0.5) is 5.69 Å². The van der Waals surface area contributed by atoms with E-state index in [4.69, 9.17) is 0 Å². The SMILES string of the molecule is CCCN1CCC(NC(=NC)NCc2cccc(N3CC=CC3)c2)CC1.I. The summed E-state index contributed by atoms with van der Waals surface area (Å²) in [7, 11) is 1.86. The topological polar surface area (TPSA) is 42.9 Å². The van der Waals surface area contributed by atoms with E-state index < -0.39 is 0 Å². The van der Waals surface area contributed by atoms with Gasteiger partial charge in [-0.25, -0.2) is 0 Å². The number of rotatable bonds is 6. The summed E-state index contributed by atoms with van der Waals surface area (Å²) in [5.74, 6) is 0.909. The molecule has 1 aromatic rings. The zero-order valence-corrected chi connectivity index (χ0v) is 19.0. The Hall–Kier alpha value is -1.28. The average molecular weight is 483 g/mol. The number of hydrogen-bond donors (Lipinski definition) is 2. The van der Waals surface area contributed by atoms with E-state index in [0.29, 0.717) is 6.04 Å². The third-order valence-corrected chi connectivity index (χ3v) is 5.25. The van der Waals surface area contributed by atoms with Gasteiger partial charge in [-0.05, 0) is 43.5 Å². The molecule has 6 heteroatoms. The molecule has 0 amide bonds. The molecule has 0 aromatic heterocycles. The highest BCUT2D eigenvalue weighted by Crippen LogP contribution is 2.18. The van der Waals surface area contributed by atoms with Crippen LogP contribution in [0, 0.1) is 0 Å². The van der Waals surface area contributed by atoms with Gasteiger partial charge in [-0.2, -0.15) is 0 Å². The lowest BCUT2D eigenvalue weighted by Gasteiger charge is -2.32. The third kappa shape index (κ3) is 6.68. The molecule has 0 radical (unpaired) electrons. The van der Waals surface area contributed by atoms with Crippen molar-refractivity contribution in [2.45, 2.75) is 38.8 Å². The maximum atomic E-state index is 4.41. The molecule has 2 aliphatic heterocycles. The zero-order valence-electron chi connectivity index (χ0n) is 16.7. The molecule has 3 rings (SSSR count). The van der Waals surface area contributed by atoms with Crippen LogP contribution in [0.1, 0.15) is 31.7 Å². The van der Waals surface area contributed by atoms with Gasteiger partial charge in [0.25, 0.3) is 0 Å². The molecular formula is C21H34IN5. The highest BCUT2D eigenvalue weighted by molar-refractivity contribution is 14.0. The summed E-state index contributed by atoms with van der Waals surface area (Å²) in [5, 5.41) is 7.08. The molecule has 150 valence electrons. The first kappa shape index (κ1) is 22.0. The second-order valence-electron chi connectivity index (χ2n) is 7.23. The van der Waals surface area contributed by atoms with E-state index in [1.807, 2.05) is 7.05 Å². The maximum absolute atomic E-state index is 4.41. The lowest BCUT2D eigenvalue weighted by Crippen LogP contribution is -2.48. The molecule has 1 saturated heterocycles. The van der Waals surface area contributed by atoms with E-state index in [1.54, 1.807) is 0 Å². The van der Waals surface area contributed by atoms with E-state index >= 15 is 0 Å². The summed E-state index contributed by atoms with van der Waals surface area (Å²) in [4.78, 5) is 9.35. The van der Waals surface area contributed by atoms with Crippen molar-refractivity contribution in [1.82, 2.24) is 15.5 Å². The van der Waals surface area contributed by atoms with E-state index in [1.165, 1.54) is 50.1 Å². The fourth-order valence-corrected chi connectivity index (χ4v) is 3.74. The number of piperidine rings is 1. The van der Waals surface area contributed by atoms with Crippen LogP contribution in [-0.4, -0.2) is 56.7 Å². The number of guanidine groups is 1. The van der Waals surface area contributed by atoms with Crippen LogP contribution < -0.4 is 15.5 Å². The Morgan fingerprint density at radius 1 is 1.19 bits per heavy atom. The quantitative estimate of drug-likeness (QED) is 0.282. The highest BCUT2D eigenvalue weighted by atomic mass is 127. The Bertz CT molecular complexity index is 615. The normalized spacial score (nSPS) is 18.4. The minimum absolute atomic E-state index is 0. The van der Waals surface area contributed by atoms with Crippen molar-refractivity contribution in [2.75, 3.05) is 44.7 Å². The smallest absolute Gasteiger partial charge is 0.191 e. The molecule has 2 heterocycles. The van der Waals surface area contributed by atoms with E-state index in [9.17, 15) is 0 Å². The summed E-state index contributed by atoms with van der Waals surface area (Å²) in [6.45, 7) is 8.67. The Morgan fingerprint density at radius 3 is 2.59 bits per heavy atom. The van der Waals surface area contributed by atoms with Gasteiger partial charge in [0.15, 0.2) is 5.96 Å². The molecule has 0 aliphatic carbocycles. The highest BCUT2D eigenvalue weighted by Gasteiger charge is 2.19. The van der Waals surface area contributed by atoms with Gasteiger partial charge in [-0.3, -0.25) is 4.99 Å². The van der Waals surface area contributed by atoms with Crippen LogP contribution in [0.3, 0.4) is 0 Å². The molecular weight excluding hydrogens is 449 g/mol. The molecule has 2 N–H and O–H groups in total. The fraction of sp³-hybridized carbons (Fsp3) is 0.571. The molecule has 0 saturated carbocycles. The Morgan fingerprint density at radius 2 is 1.93 bits per heavy atom. The van der Waals surface area contributed by atoms with Crippen LogP contribution in [0.25, 0.3) is 0 Å². The first-order valence-electron chi connectivity index (χ1n) is 9.97. The molecule has 0 unspecified atom stereocenters. The molecule has 0 bridgehead atoms. The molecule has 1 fully saturated rings. The molecule has 1 aromatic carbocycles. The molecule has 27 heavy (non-hydrogen) atoms. The van der Waals surface area contributed by atoms with Crippen molar-refractivity contribution >= 4 is 35.6 Å². The van der Waals surface area contributed by atoms with E-state index in [2.05, 4.69) is 68.8 Å². The average Bonchev–Trinajstić information content (AvgIpc) is 3.22. The fourth-order valence-electron chi connectivity index (χ4n) is 3.74. The minimum Gasteiger partial charge on any atom is -0.364 e. The van der Waals surface area contributed by atoms with Crippen molar-refractivity contribution < 1.29 is 0 Å². The number of benzene rings is 1. The van der Waals surface area contributed by atoms with E-state index in [0.717, 1.165) is 25.6 Å². The second kappa shape index (κ2) is 11.5. The number of nitrogens with zero attached hydrogens (tertiary/aromatic N) is 3. The number of halogens is 1. The number of nitrogens with one attached hydrogen (secondary N) is 2. The van der Waals surface area contributed by atoms with Crippen LogP contribution >= 0.6 is 24.0 Å². The standard InChI is InChI=1S/C21H33N5.HI/c1-3-11-25-14-9-19(10-15-25)24-21(22-2)23-17-18-7-6-8-20(16-18)26-12-4-5-13-26;/h4-8,16,19H,3,9-15,17H2,1-2H3,(H2,22,23,24);1H. The van der Waals surface area contributed by atoms with Crippen LogP contribution in [0.15, 0.2) is 41.4 Å². The van der Waals surface area contributed by atoms with Crippen molar-refractivity contribution in [3.05, 3.63) is 42.0 Å². The van der Waals surface area contributed by atoms with Gasteiger partial charge >= 0.3 is 0 Å². The predicted octanol–water partition coefficient (Wildman–Crippen LogP) is 3.22. The third-order valence-electron chi connectivity index (χ3n) is 5.25. The lowest BCUT2D eigenvalue weighted by molar-refractivity contribution is 0.206. The van der Waals surface area contributed by atoms with Gasteiger partial charge in [0.1, 0.15) is 0 Å². The number of likely N-dealkylation sites (tertiary alicyclic amines) is 1. The summed E-state index contributed by atoms with van der Waals surface area (Å²) in [6.07, 6.45) is 8.08. The van der Waals surface area contributed by atoms with Crippen molar-refractivity contribution in [3.63, 3.8) is 0 Å². The number of hydrogen-bond acceptors (Lipinski definition) is 3. The first-order chi connectivity index (χ1) is 12.8. The van der Waals surface area contributed by atoms with Gasteiger partial charge in [0, 0.05) is 51.5 Å². The summed E-state index contributed by atoms with van der Waals surface area (Å²) in [5.41, 5.74) is 2.58. The van der Waals surface area contributed by atoms with Gasteiger partial charge < -0.3 is 20.4 Å².